The van der Waals surface area contributed by atoms with Crippen LogP contribution in [0.25, 0.3) is 0 Å². The SMILES string of the molecule is CC1CN(c2nccnc2C#N)CCN1CC(O)C(F)(F)F. The molecule has 120 valence electrons. The van der Waals surface area contributed by atoms with E-state index in [0.717, 1.165) is 0 Å². The van der Waals surface area contributed by atoms with Crippen molar-refractivity contribution in [1.29, 1.82) is 5.26 Å². The quantitative estimate of drug-likeness (QED) is 0.888. The second-order valence-electron chi connectivity index (χ2n) is 5.19. The van der Waals surface area contributed by atoms with Crippen LogP contribution < -0.4 is 4.90 Å². The highest BCUT2D eigenvalue weighted by Gasteiger charge is 2.40. The number of alkyl halides is 3. The third-order valence-electron chi connectivity index (χ3n) is 3.63. The van der Waals surface area contributed by atoms with E-state index in [9.17, 15) is 18.3 Å². The maximum atomic E-state index is 12.4. The summed E-state index contributed by atoms with van der Waals surface area (Å²) < 4.78 is 37.3. The summed E-state index contributed by atoms with van der Waals surface area (Å²) in [5.41, 5.74) is 0.193. The molecule has 6 nitrogen and oxygen atoms in total. The third-order valence-corrected chi connectivity index (χ3v) is 3.63. The van der Waals surface area contributed by atoms with Crippen molar-refractivity contribution >= 4 is 5.82 Å². The van der Waals surface area contributed by atoms with Gasteiger partial charge in [0.2, 0.25) is 0 Å². The zero-order chi connectivity index (χ0) is 16.3. The van der Waals surface area contributed by atoms with Crippen LogP contribution in [-0.2, 0) is 0 Å². The van der Waals surface area contributed by atoms with Gasteiger partial charge in [-0.25, -0.2) is 9.97 Å². The van der Waals surface area contributed by atoms with Crippen molar-refractivity contribution in [3.05, 3.63) is 18.1 Å². The molecule has 22 heavy (non-hydrogen) atoms. The Bertz CT molecular complexity index is 559. The fraction of sp³-hybridized carbons (Fsp3) is 0.615. The van der Waals surface area contributed by atoms with Crippen LogP contribution in [0.4, 0.5) is 19.0 Å². The molecular formula is C13H16F3N5O. The molecule has 2 rings (SSSR count). The van der Waals surface area contributed by atoms with E-state index in [1.54, 1.807) is 11.8 Å². The summed E-state index contributed by atoms with van der Waals surface area (Å²) in [5.74, 6) is 0.438. The Morgan fingerprint density at radius 3 is 2.68 bits per heavy atom. The summed E-state index contributed by atoms with van der Waals surface area (Å²) in [6.45, 7) is 2.50. The van der Waals surface area contributed by atoms with E-state index in [2.05, 4.69) is 9.97 Å². The zero-order valence-electron chi connectivity index (χ0n) is 12.0. The highest BCUT2D eigenvalue weighted by Crippen LogP contribution is 2.24. The van der Waals surface area contributed by atoms with Gasteiger partial charge in [-0.2, -0.15) is 18.4 Å². The molecule has 0 saturated carbocycles. The molecule has 1 aromatic heterocycles. The lowest BCUT2D eigenvalue weighted by Crippen LogP contribution is -2.55. The number of piperazine rings is 1. The molecule has 9 heteroatoms. The van der Waals surface area contributed by atoms with Gasteiger partial charge in [-0.3, -0.25) is 4.90 Å². The number of aliphatic hydroxyl groups is 1. The van der Waals surface area contributed by atoms with Crippen LogP contribution >= 0.6 is 0 Å². The number of aliphatic hydroxyl groups excluding tert-OH is 1. The lowest BCUT2D eigenvalue weighted by Gasteiger charge is -2.41. The van der Waals surface area contributed by atoms with Gasteiger partial charge in [0.05, 0.1) is 0 Å². The van der Waals surface area contributed by atoms with Gasteiger partial charge >= 0.3 is 6.18 Å². The van der Waals surface area contributed by atoms with E-state index >= 15 is 0 Å². The van der Waals surface area contributed by atoms with Gasteiger partial charge in [0.25, 0.3) is 0 Å². The molecule has 2 atom stereocenters. The maximum Gasteiger partial charge on any atom is 0.415 e. The number of nitrogens with zero attached hydrogens (tertiary/aromatic N) is 5. The van der Waals surface area contributed by atoms with Crippen molar-refractivity contribution in [2.75, 3.05) is 31.1 Å². The molecule has 2 unspecified atom stereocenters. The van der Waals surface area contributed by atoms with Crippen LogP contribution in [0, 0.1) is 11.3 Å². The molecule has 0 bridgehead atoms. The monoisotopic (exact) mass is 315 g/mol. The van der Waals surface area contributed by atoms with Crippen molar-refractivity contribution in [3.63, 3.8) is 0 Å². The minimum atomic E-state index is -4.62. The van der Waals surface area contributed by atoms with Gasteiger partial charge in [0.15, 0.2) is 17.6 Å². The van der Waals surface area contributed by atoms with Crippen molar-refractivity contribution in [1.82, 2.24) is 14.9 Å². The summed E-state index contributed by atoms with van der Waals surface area (Å²) in [6.07, 6.45) is -4.08. The molecule has 0 aliphatic carbocycles. The fourth-order valence-electron chi connectivity index (χ4n) is 2.43. The first-order chi connectivity index (χ1) is 10.3. The summed E-state index contributed by atoms with van der Waals surface area (Å²) in [4.78, 5) is 11.5. The Kier molecular flexibility index (Phi) is 4.83. The normalized spacial score (nSPS) is 21.5. The molecule has 0 aromatic carbocycles. The lowest BCUT2D eigenvalue weighted by molar-refractivity contribution is -0.209. The van der Waals surface area contributed by atoms with Gasteiger partial charge in [0, 0.05) is 44.6 Å². The first kappa shape index (κ1) is 16.5. The minimum absolute atomic E-state index is 0.193. The molecule has 1 N–H and O–H groups in total. The van der Waals surface area contributed by atoms with Crippen LogP contribution in [0.3, 0.4) is 0 Å². The molecule has 1 saturated heterocycles. The second kappa shape index (κ2) is 6.46. The number of halogens is 3. The topological polar surface area (TPSA) is 76.3 Å². The van der Waals surface area contributed by atoms with E-state index in [1.807, 2.05) is 11.0 Å². The number of hydrogen-bond acceptors (Lipinski definition) is 6. The maximum absolute atomic E-state index is 12.4. The Morgan fingerprint density at radius 2 is 2.09 bits per heavy atom. The highest BCUT2D eigenvalue weighted by atomic mass is 19.4. The Labute approximate surface area is 125 Å². The van der Waals surface area contributed by atoms with Crippen LogP contribution in [0.5, 0.6) is 0 Å². The van der Waals surface area contributed by atoms with E-state index in [1.165, 1.54) is 12.4 Å². The highest BCUT2D eigenvalue weighted by molar-refractivity contribution is 5.49. The van der Waals surface area contributed by atoms with Gasteiger partial charge in [-0.15, -0.1) is 0 Å². The average Bonchev–Trinajstić information content (AvgIpc) is 2.48. The average molecular weight is 315 g/mol. The van der Waals surface area contributed by atoms with Crippen molar-refractivity contribution in [2.45, 2.75) is 25.2 Å². The van der Waals surface area contributed by atoms with Gasteiger partial charge < -0.3 is 10.0 Å². The standard InChI is InChI=1S/C13H16F3N5O/c1-9-7-21(12-10(6-17)18-2-3-19-12)5-4-20(9)8-11(22)13(14,15)16/h2-3,9,11,22H,4-5,7-8H2,1H3. The Balaban J connectivity index is 2.03. The molecule has 1 aliphatic rings. The predicted molar refractivity (Wildman–Crippen MR) is 72.1 cm³/mol. The number of nitriles is 1. The summed E-state index contributed by atoms with van der Waals surface area (Å²) in [7, 11) is 0. The number of rotatable bonds is 3. The number of anilines is 1. The summed E-state index contributed by atoms with van der Waals surface area (Å²) in [6, 6.07) is 1.74. The second-order valence-corrected chi connectivity index (χ2v) is 5.19. The molecule has 1 aliphatic heterocycles. The largest absolute Gasteiger partial charge is 0.415 e. The van der Waals surface area contributed by atoms with Crippen LogP contribution in [0.2, 0.25) is 0 Å². The Hall–Kier alpha value is -1.92. The van der Waals surface area contributed by atoms with Crippen LogP contribution in [0.1, 0.15) is 12.6 Å². The molecular weight excluding hydrogens is 299 g/mol. The van der Waals surface area contributed by atoms with Crippen molar-refractivity contribution in [3.8, 4) is 6.07 Å². The fourth-order valence-corrected chi connectivity index (χ4v) is 2.43. The van der Waals surface area contributed by atoms with E-state index in [-0.39, 0.29) is 11.7 Å². The first-order valence-electron chi connectivity index (χ1n) is 6.77. The minimum Gasteiger partial charge on any atom is -0.382 e. The number of β-amino-alcohol motifs (C(OH)–C–C–N with tert-alkyl or cyclic N) is 1. The molecule has 0 spiro atoms. The summed E-state index contributed by atoms with van der Waals surface area (Å²) >= 11 is 0. The predicted octanol–water partition coefficient (Wildman–Crippen LogP) is 0.782. The molecule has 0 amide bonds. The lowest BCUT2D eigenvalue weighted by atomic mass is 10.1. The van der Waals surface area contributed by atoms with Crippen molar-refractivity contribution in [2.24, 2.45) is 0 Å². The number of hydrogen-bond donors (Lipinski definition) is 1. The van der Waals surface area contributed by atoms with E-state index in [4.69, 9.17) is 5.26 Å². The zero-order valence-corrected chi connectivity index (χ0v) is 12.0. The molecule has 0 radical (unpaired) electrons. The van der Waals surface area contributed by atoms with Gasteiger partial charge in [0.1, 0.15) is 6.07 Å². The van der Waals surface area contributed by atoms with Gasteiger partial charge in [-0.1, -0.05) is 0 Å². The molecule has 1 aromatic rings. The molecule has 1 fully saturated rings. The Morgan fingerprint density at radius 1 is 1.41 bits per heavy atom. The smallest absolute Gasteiger partial charge is 0.382 e. The third kappa shape index (κ3) is 3.64. The number of aromatic nitrogens is 2. The van der Waals surface area contributed by atoms with E-state index < -0.39 is 18.8 Å². The van der Waals surface area contributed by atoms with Gasteiger partial charge in [-0.05, 0) is 6.92 Å². The van der Waals surface area contributed by atoms with Crippen LogP contribution in [-0.4, -0.2) is 64.5 Å². The van der Waals surface area contributed by atoms with Crippen LogP contribution in [0.15, 0.2) is 12.4 Å². The van der Waals surface area contributed by atoms with E-state index in [0.29, 0.717) is 25.5 Å². The van der Waals surface area contributed by atoms with Crippen molar-refractivity contribution < 1.29 is 18.3 Å². The molecule has 2 heterocycles. The summed E-state index contributed by atoms with van der Waals surface area (Å²) in [5, 5.41) is 18.2. The first-order valence-corrected chi connectivity index (χ1v) is 6.77.